The highest BCUT2D eigenvalue weighted by Crippen LogP contribution is 2.30. The summed E-state index contributed by atoms with van der Waals surface area (Å²) in [5.41, 5.74) is -1.13. The highest BCUT2D eigenvalue weighted by atomic mass is 35.5. The van der Waals surface area contributed by atoms with Crippen molar-refractivity contribution < 1.29 is 29.3 Å². The summed E-state index contributed by atoms with van der Waals surface area (Å²) in [6, 6.07) is 1.99. The summed E-state index contributed by atoms with van der Waals surface area (Å²) in [5.74, 6) is -1.73. The molecular formula is C19H24Cl2N2O6. The maximum atomic E-state index is 12.7. The van der Waals surface area contributed by atoms with E-state index in [4.69, 9.17) is 27.9 Å². The van der Waals surface area contributed by atoms with Gasteiger partial charge in [-0.25, -0.2) is 0 Å². The van der Waals surface area contributed by atoms with Crippen LogP contribution in [0.15, 0.2) is 18.2 Å². The van der Waals surface area contributed by atoms with Gasteiger partial charge in [-0.1, -0.05) is 37.0 Å². The van der Waals surface area contributed by atoms with E-state index in [2.05, 4.69) is 10.6 Å². The van der Waals surface area contributed by atoms with Crippen LogP contribution in [0.1, 0.15) is 30.6 Å². The first-order valence-corrected chi connectivity index (χ1v) is 9.85. The van der Waals surface area contributed by atoms with Gasteiger partial charge < -0.3 is 25.6 Å². The Morgan fingerprint density at radius 2 is 1.79 bits per heavy atom. The Hall–Kier alpha value is -1.71. The quantitative estimate of drug-likeness (QED) is 0.396. The molecule has 3 atom stereocenters. The number of benzene rings is 1. The average Bonchev–Trinajstić information content (AvgIpc) is 3.47. The normalized spacial score (nSPS) is 20.1. The molecule has 0 aliphatic carbocycles. The topological polar surface area (TPSA) is 128 Å². The van der Waals surface area contributed by atoms with E-state index < -0.39 is 48.5 Å². The van der Waals surface area contributed by atoms with Crippen LogP contribution in [0, 0.1) is 5.92 Å². The van der Waals surface area contributed by atoms with Gasteiger partial charge in [-0.3, -0.25) is 14.4 Å². The van der Waals surface area contributed by atoms with Gasteiger partial charge in [-0.15, -0.1) is 0 Å². The van der Waals surface area contributed by atoms with E-state index >= 15 is 0 Å². The molecule has 1 aliphatic heterocycles. The molecule has 0 spiro atoms. The fourth-order valence-corrected chi connectivity index (χ4v) is 3.06. The molecular weight excluding hydrogens is 423 g/mol. The lowest BCUT2D eigenvalue weighted by Crippen LogP contribution is -2.55. The van der Waals surface area contributed by atoms with Gasteiger partial charge >= 0.3 is 0 Å². The van der Waals surface area contributed by atoms with Crippen LogP contribution in [0.25, 0.3) is 0 Å². The second-order valence-corrected chi connectivity index (χ2v) is 8.15. The fraction of sp³-hybridized carbons (Fsp3) is 0.526. The zero-order valence-electron chi connectivity index (χ0n) is 16.1. The SMILES string of the molecule is CC(C)CC(NC(=O)C(CO)NC(=O)c1ccc(Cl)c(Cl)c1)C(=O)C1(CO)CO1. The number of ether oxygens (including phenoxy) is 1. The van der Waals surface area contributed by atoms with E-state index in [1.807, 2.05) is 13.8 Å². The number of ketones is 1. The molecule has 2 amide bonds. The molecule has 0 saturated carbocycles. The maximum Gasteiger partial charge on any atom is 0.252 e. The summed E-state index contributed by atoms with van der Waals surface area (Å²) in [4.78, 5) is 37.7. The number of carbonyl (C=O) groups is 3. The number of hydrogen-bond acceptors (Lipinski definition) is 6. The molecule has 8 nitrogen and oxygen atoms in total. The van der Waals surface area contributed by atoms with E-state index in [0.717, 1.165) is 0 Å². The van der Waals surface area contributed by atoms with Crippen molar-refractivity contribution in [2.24, 2.45) is 5.92 Å². The maximum absolute atomic E-state index is 12.7. The third kappa shape index (κ3) is 5.90. The monoisotopic (exact) mass is 446 g/mol. The van der Waals surface area contributed by atoms with E-state index in [0.29, 0.717) is 6.42 Å². The summed E-state index contributed by atoms with van der Waals surface area (Å²) in [6.07, 6.45) is 0.314. The van der Waals surface area contributed by atoms with Crippen molar-refractivity contribution in [1.82, 2.24) is 10.6 Å². The van der Waals surface area contributed by atoms with Crippen molar-refractivity contribution in [2.45, 2.75) is 38.0 Å². The molecule has 4 N–H and O–H groups in total. The molecule has 1 fully saturated rings. The zero-order valence-corrected chi connectivity index (χ0v) is 17.6. The Balaban J connectivity index is 2.08. The molecule has 0 aromatic heterocycles. The van der Waals surface area contributed by atoms with Gasteiger partial charge in [0.2, 0.25) is 5.91 Å². The van der Waals surface area contributed by atoms with E-state index in [9.17, 15) is 24.6 Å². The van der Waals surface area contributed by atoms with Crippen molar-refractivity contribution in [3.05, 3.63) is 33.8 Å². The van der Waals surface area contributed by atoms with Crippen LogP contribution in [0.3, 0.4) is 0 Å². The molecule has 1 aromatic rings. The average molecular weight is 447 g/mol. The lowest BCUT2D eigenvalue weighted by Gasteiger charge is -2.24. The van der Waals surface area contributed by atoms with E-state index in [-0.39, 0.29) is 28.1 Å². The Bertz CT molecular complexity index is 782. The number of rotatable bonds is 10. The first-order valence-electron chi connectivity index (χ1n) is 9.09. The standard InChI is InChI=1S/C19H24Cl2N2O6/c1-10(2)5-14(16(26)19(8-25)9-29-19)22-18(28)15(7-24)23-17(27)11-3-4-12(20)13(21)6-11/h3-4,6,10,14-15,24-25H,5,7-9H2,1-2H3,(H,22,28)(H,23,27). The van der Waals surface area contributed by atoms with Crippen molar-refractivity contribution in [3.8, 4) is 0 Å². The van der Waals surface area contributed by atoms with Crippen LogP contribution in [0.4, 0.5) is 0 Å². The number of halogens is 2. The molecule has 1 aliphatic rings. The number of epoxide rings is 1. The van der Waals surface area contributed by atoms with E-state index in [1.54, 1.807) is 0 Å². The third-order valence-electron chi connectivity index (χ3n) is 4.52. The highest BCUT2D eigenvalue weighted by molar-refractivity contribution is 6.42. The predicted octanol–water partition coefficient (Wildman–Crippen LogP) is 0.945. The second-order valence-electron chi connectivity index (χ2n) is 7.33. The lowest BCUT2D eigenvalue weighted by atomic mass is 9.92. The Kier molecular flexibility index (Phi) is 8.02. The summed E-state index contributed by atoms with van der Waals surface area (Å²) in [7, 11) is 0. The third-order valence-corrected chi connectivity index (χ3v) is 5.26. The molecule has 2 rings (SSSR count). The van der Waals surface area contributed by atoms with Gasteiger partial charge in [-0.2, -0.15) is 0 Å². The van der Waals surface area contributed by atoms with E-state index in [1.165, 1.54) is 18.2 Å². The molecule has 10 heteroatoms. The molecule has 29 heavy (non-hydrogen) atoms. The van der Waals surface area contributed by atoms with Crippen LogP contribution in [0.2, 0.25) is 10.0 Å². The first-order chi connectivity index (χ1) is 13.6. The van der Waals surface area contributed by atoms with Gasteiger partial charge in [0.1, 0.15) is 6.04 Å². The van der Waals surface area contributed by atoms with Crippen LogP contribution in [0.5, 0.6) is 0 Å². The van der Waals surface area contributed by atoms with Gasteiger partial charge in [0.05, 0.1) is 35.9 Å². The molecule has 3 unspecified atom stereocenters. The number of aliphatic hydroxyl groups excluding tert-OH is 2. The summed E-state index contributed by atoms with van der Waals surface area (Å²) < 4.78 is 5.09. The summed E-state index contributed by atoms with van der Waals surface area (Å²) >= 11 is 11.7. The van der Waals surface area contributed by atoms with Gasteiger partial charge in [-0.05, 0) is 30.5 Å². The highest BCUT2D eigenvalue weighted by Gasteiger charge is 2.54. The van der Waals surface area contributed by atoms with Crippen LogP contribution >= 0.6 is 23.2 Å². The molecule has 160 valence electrons. The Morgan fingerprint density at radius 3 is 2.28 bits per heavy atom. The molecule has 1 saturated heterocycles. The minimum Gasteiger partial charge on any atom is -0.394 e. The predicted molar refractivity (Wildman–Crippen MR) is 107 cm³/mol. The molecule has 1 heterocycles. The number of amides is 2. The molecule has 0 bridgehead atoms. The van der Waals surface area contributed by atoms with Gasteiger partial charge in [0.25, 0.3) is 5.91 Å². The first kappa shape index (κ1) is 23.6. The van der Waals surface area contributed by atoms with Crippen molar-refractivity contribution >= 4 is 40.8 Å². The van der Waals surface area contributed by atoms with Crippen LogP contribution < -0.4 is 10.6 Å². The molecule has 1 aromatic carbocycles. The lowest BCUT2D eigenvalue weighted by molar-refractivity contribution is -0.133. The number of aliphatic hydroxyl groups is 2. The van der Waals surface area contributed by atoms with Crippen molar-refractivity contribution in [2.75, 3.05) is 19.8 Å². The summed E-state index contributed by atoms with van der Waals surface area (Å²) in [5, 5.41) is 24.4. The Morgan fingerprint density at radius 1 is 1.14 bits per heavy atom. The second kappa shape index (κ2) is 9.86. The zero-order chi connectivity index (χ0) is 21.8. The van der Waals surface area contributed by atoms with Crippen molar-refractivity contribution in [1.29, 1.82) is 0 Å². The minimum absolute atomic E-state index is 0.0668. The number of nitrogens with one attached hydrogen (secondary N) is 2. The number of Topliss-reactive ketones (excluding diaryl/α,β-unsaturated/α-hetero) is 1. The van der Waals surface area contributed by atoms with Gasteiger partial charge in [0, 0.05) is 5.56 Å². The summed E-state index contributed by atoms with van der Waals surface area (Å²) in [6.45, 7) is 2.68. The van der Waals surface area contributed by atoms with Crippen LogP contribution in [-0.4, -0.2) is 65.3 Å². The smallest absolute Gasteiger partial charge is 0.252 e. The van der Waals surface area contributed by atoms with Gasteiger partial charge in [0.15, 0.2) is 11.4 Å². The fourth-order valence-electron chi connectivity index (χ4n) is 2.76. The minimum atomic E-state index is -1.29. The number of hydrogen-bond donors (Lipinski definition) is 4. The van der Waals surface area contributed by atoms with Crippen molar-refractivity contribution in [3.63, 3.8) is 0 Å². The Labute approximate surface area is 178 Å². The largest absolute Gasteiger partial charge is 0.394 e. The molecule has 0 radical (unpaired) electrons. The van der Waals surface area contributed by atoms with Crippen LogP contribution in [-0.2, 0) is 14.3 Å². The number of carbonyl (C=O) groups excluding carboxylic acids is 3.